The molecule has 5 heteroatoms. The number of benzene rings is 2. The van der Waals surface area contributed by atoms with Gasteiger partial charge in [-0.15, -0.1) is 0 Å². The summed E-state index contributed by atoms with van der Waals surface area (Å²) in [4.78, 5) is 11.8. The van der Waals surface area contributed by atoms with Crippen LogP contribution in [0.5, 0.6) is 5.75 Å². The van der Waals surface area contributed by atoms with E-state index in [1.165, 1.54) is 0 Å². The number of hydrogen-bond acceptors (Lipinski definition) is 3. The summed E-state index contributed by atoms with van der Waals surface area (Å²) < 4.78 is 23.3. The molecular formula is C17H18FNO3. The molecule has 0 radical (unpaired) electrons. The van der Waals surface area contributed by atoms with Gasteiger partial charge >= 0.3 is 6.09 Å². The second kappa shape index (κ2) is 8.02. The first-order valence-electron chi connectivity index (χ1n) is 6.90. The molecule has 2 rings (SSSR count). The highest BCUT2D eigenvalue weighted by Gasteiger charge is 2.15. The molecular weight excluding hydrogens is 285 g/mol. The lowest BCUT2D eigenvalue weighted by molar-refractivity contribution is 0.133. The SMILES string of the molecule is COc1ccc(C(CF)NC(=O)OCc2ccccc2)cc1. The summed E-state index contributed by atoms with van der Waals surface area (Å²) in [6.07, 6.45) is -0.651. The van der Waals surface area contributed by atoms with Gasteiger partial charge < -0.3 is 14.8 Å². The van der Waals surface area contributed by atoms with E-state index in [1.54, 1.807) is 31.4 Å². The first kappa shape index (κ1) is 15.8. The quantitative estimate of drug-likeness (QED) is 0.886. The van der Waals surface area contributed by atoms with E-state index in [4.69, 9.17) is 9.47 Å². The molecule has 0 fully saturated rings. The summed E-state index contributed by atoms with van der Waals surface area (Å²) in [6, 6.07) is 15.4. The molecule has 0 saturated carbocycles. The van der Waals surface area contributed by atoms with Crippen molar-refractivity contribution in [2.75, 3.05) is 13.8 Å². The molecule has 116 valence electrons. The molecule has 2 aromatic carbocycles. The van der Waals surface area contributed by atoms with Gasteiger partial charge in [-0.1, -0.05) is 42.5 Å². The highest BCUT2D eigenvalue weighted by molar-refractivity contribution is 5.68. The van der Waals surface area contributed by atoms with Crippen LogP contribution in [0.3, 0.4) is 0 Å². The van der Waals surface area contributed by atoms with Crippen molar-refractivity contribution in [1.29, 1.82) is 0 Å². The zero-order chi connectivity index (χ0) is 15.8. The molecule has 0 aliphatic heterocycles. The van der Waals surface area contributed by atoms with E-state index in [0.717, 1.165) is 5.56 Å². The van der Waals surface area contributed by atoms with Gasteiger partial charge in [-0.05, 0) is 23.3 Å². The molecule has 22 heavy (non-hydrogen) atoms. The fourth-order valence-electron chi connectivity index (χ4n) is 1.95. The lowest BCUT2D eigenvalue weighted by Crippen LogP contribution is -2.30. The van der Waals surface area contributed by atoms with E-state index in [-0.39, 0.29) is 6.61 Å². The topological polar surface area (TPSA) is 47.6 Å². The van der Waals surface area contributed by atoms with Gasteiger partial charge in [-0.25, -0.2) is 9.18 Å². The van der Waals surface area contributed by atoms with Crippen molar-refractivity contribution in [2.45, 2.75) is 12.6 Å². The largest absolute Gasteiger partial charge is 0.497 e. The number of alkyl halides is 1. The predicted molar refractivity (Wildman–Crippen MR) is 81.5 cm³/mol. The Morgan fingerprint density at radius 3 is 2.41 bits per heavy atom. The number of ether oxygens (including phenoxy) is 2. The van der Waals surface area contributed by atoms with Crippen LogP contribution in [0.25, 0.3) is 0 Å². The number of carbonyl (C=O) groups excluding carboxylic acids is 1. The Morgan fingerprint density at radius 1 is 1.14 bits per heavy atom. The maximum atomic E-state index is 13.1. The van der Waals surface area contributed by atoms with Crippen LogP contribution in [-0.4, -0.2) is 19.9 Å². The number of rotatable bonds is 6. The molecule has 0 aliphatic rings. The van der Waals surface area contributed by atoms with Crippen LogP contribution >= 0.6 is 0 Å². The summed E-state index contributed by atoms with van der Waals surface area (Å²) in [5, 5.41) is 2.51. The van der Waals surface area contributed by atoms with Gasteiger partial charge in [-0.2, -0.15) is 0 Å². The Kier molecular flexibility index (Phi) is 5.77. The smallest absolute Gasteiger partial charge is 0.408 e. The summed E-state index contributed by atoms with van der Waals surface area (Å²) >= 11 is 0. The highest BCUT2D eigenvalue weighted by atomic mass is 19.1. The molecule has 0 aliphatic carbocycles. The number of hydrogen-bond donors (Lipinski definition) is 1. The number of halogens is 1. The van der Waals surface area contributed by atoms with Crippen molar-refractivity contribution in [3.8, 4) is 5.75 Å². The predicted octanol–water partition coefficient (Wildman–Crippen LogP) is 3.63. The minimum atomic E-state index is -0.742. The Balaban J connectivity index is 1.90. The zero-order valence-corrected chi connectivity index (χ0v) is 12.3. The van der Waals surface area contributed by atoms with Gasteiger partial charge in [0.15, 0.2) is 0 Å². The van der Waals surface area contributed by atoms with Gasteiger partial charge in [0.1, 0.15) is 19.0 Å². The van der Waals surface area contributed by atoms with Crippen molar-refractivity contribution in [2.24, 2.45) is 0 Å². The third kappa shape index (κ3) is 4.48. The Labute approximate surface area is 128 Å². The highest BCUT2D eigenvalue weighted by Crippen LogP contribution is 2.18. The number of amides is 1. The maximum Gasteiger partial charge on any atom is 0.408 e. The molecule has 0 saturated heterocycles. The molecule has 1 amide bonds. The third-order valence-electron chi connectivity index (χ3n) is 3.18. The molecule has 1 unspecified atom stereocenters. The van der Waals surface area contributed by atoms with Gasteiger partial charge in [0, 0.05) is 0 Å². The maximum absolute atomic E-state index is 13.1. The van der Waals surface area contributed by atoms with Crippen LogP contribution in [-0.2, 0) is 11.3 Å². The Bertz CT molecular complexity index is 587. The number of carbonyl (C=O) groups is 1. The summed E-state index contributed by atoms with van der Waals surface area (Å²) in [7, 11) is 1.56. The number of nitrogens with one attached hydrogen (secondary N) is 1. The van der Waals surface area contributed by atoms with E-state index in [2.05, 4.69) is 5.32 Å². The van der Waals surface area contributed by atoms with Crippen LogP contribution in [0.15, 0.2) is 54.6 Å². The van der Waals surface area contributed by atoms with Crippen LogP contribution in [0.4, 0.5) is 9.18 Å². The Hall–Kier alpha value is -2.56. The minimum Gasteiger partial charge on any atom is -0.497 e. The fraction of sp³-hybridized carbons (Fsp3) is 0.235. The van der Waals surface area contributed by atoms with Crippen LogP contribution < -0.4 is 10.1 Å². The van der Waals surface area contributed by atoms with Crippen molar-refractivity contribution >= 4 is 6.09 Å². The first-order valence-corrected chi connectivity index (χ1v) is 6.90. The van der Waals surface area contributed by atoms with Crippen molar-refractivity contribution in [1.82, 2.24) is 5.32 Å². The van der Waals surface area contributed by atoms with Gasteiger partial charge in [-0.3, -0.25) is 0 Å². The van der Waals surface area contributed by atoms with Crippen molar-refractivity contribution in [3.63, 3.8) is 0 Å². The molecule has 1 N–H and O–H groups in total. The molecule has 0 spiro atoms. The number of methoxy groups -OCH3 is 1. The molecule has 0 bridgehead atoms. The molecule has 2 aromatic rings. The summed E-state index contributed by atoms with van der Waals surface area (Å²) in [5.41, 5.74) is 1.53. The van der Waals surface area contributed by atoms with Gasteiger partial charge in [0.2, 0.25) is 0 Å². The Morgan fingerprint density at radius 2 is 1.82 bits per heavy atom. The normalized spacial score (nSPS) is 11.5. The second-order valence-electron chi connectivity index (χ2n) is 4.69. The second-order valence-corrected chi connectivity index (χ2v) is 4.69. The molecule has 4 nitrogen and oxygen atoms in total. The minimum absolute atomic E-state index is 0.147. The van der Waals surface area contributed by atoms with Crippen LogP contribution in [0.1, 0.15) is 17.2 Å². The lowest BCUT2D eigenvalue weighted by atomic mass is 10.1. The van der Waals surface area contributed by atoms with Crippen molar-refractivity contribution in [3.05, 3.63) is 65.7 Å². The van der Waals surface area contributed by atoms with E-state index in [0.29, 0.717) is 11.3 Å². The zero-order valence-electron chi connectivity index (χ0n) is 12.3. The van der Waals surface area contributed by atoms with Crippen LogP contribution in [0, 0.1) is 0 Å². The number of alkyl carbamates (subject to hydrolysis) is 1. The molecule has 1 atom stereocenters. The average Bonchev–Trinajstić information content (AvgIpc) is 2.59. The van der Waals surface area contributed by atoms with E-state index < -0.39 is 18.8 Å². The van der Waals surface area contributed by atoms with Crippen molar-refractivity contribution < 1.29 is 18.7 Å². The summed E-state index contributed by atoms with van der Waals surface area (Å²) in [5.74, 6) is 0.674. The standard InChI is InChI=1S/C17H18FNO3/c1-21-15-9-7-14(8-10-15)16(11-18)19-17(20)22-12-13-5-3-2-4-6-13/h2-10,16H,11-12H2,1H3,(H,19,20). The van der Waals surface area contributed by atoms with Gasteiger partial charge in [0.25, 0.3) is 0 Å². The van der Waals surface area contributed by atoms with E-state index in [9.17, 15) is 9.18 Å². The monoisotopic (exact) mass is 303 g/mol. The lowest BCUT2D eigenvalue weighted by Gasteiger charge is -2.16. The average molecular weight is 303 g/mol. The third-order valence-corrected chi connectivity index (χ3v) is 3.18. The van der Waals surface area contributed by atoms with Gasteiger partial charge in [0.05, 0.1) is 13.2 Å². The molecule has 0 aromatic heterocycles. The summed E-state index contributed by atoms with van der Waals surface area (Å²) in [6.45, 7) is -0.568. The van der Waals surface area contributed by atoms with E-state index in [1.807, 2.05) is 30.3 Å². The van der Waals surface area contributed by atoms with Crippen LogP contribution in [0.2, 0.25) is 0 Å². The first-order chi connectivity index (χ1) is 10.7. The fourth-order valence-corrected chi connectivity index (χ4v) is 1.95. The van der Waals surface area contributed by atoms with E-state index >= 15 is 0 Å². The molecule has 0 heterocycles.